The first-order chi connectivity index (χ1) is 26.7. The molecule has 7 atom stereocenters. The van der Waals surface area contributed by atoms with Gasteiger partial charge in [-0.05, 0) is 179 Å². The lowest BCUT2D eigenvalue weighted by atomic mass is 9.49. The number of carbonyl (C=O) groups excluding carboxylic acids is 4. The van der Waals surface area contributed by atoms with Gasteiger partial charge < -0.3 is 28.8 Å². The molecule has 57 heavy (non-hydrogen) atoms. The van der Waals surface area contributed by atoms with Crippen LogP contribution in [0.3, 0.4) is 0 Å². The molecule has 0 aromatic carbocycles. The quantitative estimate of drug-likeness (QED) is 0.169. The van der Waals surface area contributed by atoms with Gasteiger partial charge in [0, 0.05) is 0 Å². The van der Waals surface area contributed by atoms with Crippen LogP contribution in [-0.2, 0) is 42.9 Å². The number of rotatable bonds is 10. The van der Waals surface area contributed by atoms with Gasteiger partial charge in [-0.3, -0.25) is 19.2 Å². The second-order valence-corrected chi connectivity index (χ2v) is 22.0. The fourth-order valence-electron chi connectivity index (χ4n) is 12.6. The maximum Gasteiger partial charge on any atom is 0.312 e. The van der Waals surface area contributed by atoms with E-state index < -0.39 is 23.2 Å². The lowest BCUT2D eigenvalue weighted by Gasteiger charge is -2.60. The highest BCUT2D eigenvalue weighted by Crippen LogP contribution is 2.61. The Kier molecular flexibility index (Phi) is 11.6. The van der Waals surface area contributed by atoms with Crippen LogP contribution in [0.15, 0.2) is 0 Å². The molecule has 11 rings (SSSR count). The van der Waals surface area contributed by atoms with Gasteiger partial charge in [0.2, 0.25) is 0 Å². The molecule has 7 unspecified atom stereocenters. The maximum atomic E-state index is 12.6. The topological polar surface area (TPSA) is 135 Å². The molecule has 0 aromatic rings. The van der Waals surface area contributed by atoms with E-state index in [-0.39, 0.29) is 64.5 Å². The van der Waals surface area contributed by atoms with Gasteiger partial charge in [-0.2, -0.15) is 0 Å². The van der Waals surface area contributed by atoms with Crippen molar-refractivity contribution in [2.75, 3.05) is 0 Å². The number of ether oxygens (including phenoxy) is 5. The third kappa shape index (κ3) is 7.83. The monoisotopic (exact) mass is 799 g/mol. The Morgan fingerprint density at radius 2 is 1.14 bits per heavy atom. The highest BCUT2D eigenvalue weighted by atomic mass is 16.7. The molecule has 10 nitrogen and oxygen atoms in total. The second-order valence-electron chi connectivity index (χ2n) is 22.0. The minimum atomic E-state index is -0.510. The minimum absolute atomic E-state index is 0.0364. The molecule has 3 saturated heterocycles. The van der Waals surface area contributed by atoms with E-state index in [9.17, 15) is 24.3 Å². The number of carbonyl (C=O) groups is 4. The third-order valence-electron chi connectivity index (χ3n) is 17.1. The van der Waals surface area contributed by atoms with Gasteiger partial charge in [0.05, 0.1) is 33.9 Å². The van der Waals surface area contributed by atoms with E-state index >= 15 is 0 Å². The van der Waals surface area contributed by atoms with Crippen LogP contribution in [0.2, 0.25) is 0 Å². The molecule has 3 aliphatic heterocycles. The first-order valence-corrected chi connectivity index (χ1v) is 22.9. The van der Waals surface area contributed by atoms with Gasteiger partial charge in [-0.15, -0.1) is 0 Å². The largest absolute Gasteiger partial charge is 0.461 e. The van der Waals surface area contributed by atoms with Crippen LogP contribution in [0, 0.1) is 63.6 Å². The van der Waals surface area contributed by atoms with Gasteiger partial charge in [0.25, 0.3) is 0 Å². The van der Waals surface area contributed by atoms with Crippen molar-refractivity contribution in [3.63, 3.8) is 0 Å². The zero-order valence-electron chi connectivity index (χ0n) is 36.7. The van der Waals surface area contributed by atoms with Gasteiger partial charge in [0.15, 0.2) is 12.2 Å². The molecule has 3 heterocycles. The lowest BCUT2D eigenvalue weighted by Crippen LogP contribution is -2.60. The number of hydrogen-bond acceptors (Lipinski definition) is 10. The predicted molar refractivity (Wildman–Crippen MR) is 213 cm³/mol. The zero-order valence-corrected chi connectivity index (χ0v) is 36.7. The lowest BCUT2D eigenvalue weighted by molar-refractivity contribution is -0.218. The van der Waals surface area contributed by atoms with Crippen molar-refractivity contribution < 1.29 is 48.0 Å². The second kappa shape index (κ2) is 15.4. The minimum Gasteiger partial charge on any atom is -0.461 e. The summed E-state index contributed by atoms with van der Waals surface area (Å²) in [6, 6.07) is 0. The van der Waals surface area contributed by atoms with E-state index in [4.69, 9.17) is 23.7 Å². The normalized spacial score (nSPS) is 42.8. The molecule has 11 aliphatic rings. The van der Waals surface area contributed by atoms with E-state index in [1.54, 1.807) is 0 Å². The summed E-state index contributed by atoms with van der Waals surface area (Å²) in [5.74, 6) is 3.97. The van der Waals surface area contributed by atoms with Crippen LogP contribution in [0.4, 0.5) is 0 Å². The van der Waals surface area contributed by atoms with E-state index in [1.807, 2.05) is 55.4 Å². The third-order valence-corrected chi connectivity index (χ3v) is 17.1. The first kappa shape index (κ1) is 42.9. The van der Waals surface area contributed by atoms with Crippen LogP contribution in [0.1, 0.15) is 166 Å². The fourth-order valence-corrected chi connectivity index (χ4v) is 12.6. The summed E-state index contributed by atoms with van der Waals surface area (Å²) in [4.78, 5) is 48.5. The predicted octanol–water partition coefficient (Wildman–Crippen LogP) is 8.52. The highest BCUT2D eigenvalue weighted by molar-refractivity contribution is 5.79. The highest BCUT2D eigenvalue weighted by Gasteiger charge is 2.65. The average Bonchev–Trinajstić information content (AvgIpc) is 3.79. The number of aliphatic hydroxyl groups is 1. The average molecular weight is 799 g/mol. The van der Waals surface area contributed by atoms with E-state index in [0.717, 1.165) is 63.2 Å². The molecule has 8 saturated carbocycles. The van der Waals surface area contributed by atoms with Crippen molar-refractivity contribution in [2.45, 2.75) is 207 Å². The summed E-state index contributed by atoms with van der Waals surface area (Å²) in [5, 5.41) is 10.5. The molecule has 0 amide bonds. The van der Waals surface area contributed by atoms with Gasteiger partial charge in [-0.1, -0.05) is 27.7 Å². The Morgan fingerprint density at radius 3 is 1.61 bits per heavy atom. The Balaban J connectivity index is 0.000000131. The van der Waals surface area contributed by atoms with Crippen LogP contribution in [-0.4, -0.2) is 70.7 Å². The van der Waals surface area contributed by atoms with Gasteiger partial charge in [-0.25, -0.2) is 0 Å². The molecule has 0 radical (unpaired) electrons. The Bertz CT molecular complexity index is 1500. The zero-order chi connectivity index (χ0) is 41.5. The Morgan fingerprint density at radius 1 is 0.649 bits per heavy atom. The van der Waals surface area contributed by atoms with Gasteiger partial charge in [0.1, 0.15) is 17.8 Å². The summed E-state index contributed by atoms with van der Waals surface area (Å²) in [6.45, 7) is 20.0. The number of esters is 4. The molecule has 0 aromatic heterocycles. The summed E-state index contributed by atoms with van der Waals surface area (Å²) in [6.07, 6.45) is 14.5. The SMILES string of the molecule is CCC(C)(C)C(=O)OC1(CC)C2CC3CC(C2)CC1C3.CCC(C)(C)C(=O)OC1C2CC3C(=O)OC1C3O2.CCC(C)(C)C(=O)OC1C2CC3CC1CC(O)(C3)C2. The summed E-state index contributed by atoms with van der Waals surface area (Å²) >= 11 is 0. The van der Waals surface area contributed by atoms with Crippen LogP contribution < -0.4 is 0 Å². The maximum absolute atomic E-state index is 12.6. The standard InChI is InChI=1S/C18H30O2.C16H26O3.C13H18O5/c1-5-17(3,4)16(19)20-18(6-2)14-8-12-7-13(10-14)11-15(18)9-12;1-4-15(2,3)14(17)19-13-11-5-10-6-12(13)9-16(18,7-10)8-11;1-4-13(2,3)12(15)18-9-7-5-6-8(16-7)10(9)17-11(6)14/h12-15H,5-11H2,1-4H3;10-13,18H,4-9H2,1-3H3;6-10H,4-5H2,1-3H3. The molecular weight excluding hydrogens is 725 g/mol. The Labute approximate surface area is 341 Å². The number of fused-ring (bicyclic) bond motifs is 1. The molecule has 0 spiro atoms. The Hall–Kier alpha value is -2.20. The van der Waals surface area contributed by atoms with Crippen molar-refractivity contribution in [3.05, 3.63) is 0 Å². The molecule has 11 fully saturated rings. The van der Waals surface area contributed by atoms with Crippen molar-refractivity contribution in [1.29, 1.82) is 0 Å². The molecule has 10 heteroatoms. The van der Waals surface area contributed by atoms with Crippen molar-refractivity contribution in [2.24, 2.45) is 63.6 Å². The first-order valence-electron chi connectivity index (χ1n) is 22.9. The fraction of sp³-hybridized carbons (Fsp3) is 0.915. The molecular formula is C47H74O10. The molecule has 1 N–H and O–H groups in total. The van der Waals surface area contributed by atoms with Crippen LogP contribution in [0.5, 0.6) is 0 Å². The molecule has 8 aliphatic carbocycles. The summed E-state index contributed by atoms with van der Waals surface area (Å²) in [5.41, 5.74) is -1.80. The van der Waals surface area contributed by atoms with E-state index in [0.29, 0.717) is 42.4 Å². The van der Waals surface area contributed by atoms with Crippen LogP contribution in [0.25, 0.3) is 0 Å². The molecule has 10 bridgehead atoms. The van der Waals surface area contributed by atoms with Crippen LogP contribution >= 0.6 is 0 Å². The summed E-state index contributed by atoms with van der Waals surface area (Å²) in [7, 11) is 0. The van der Waals surface area contributed by atoms with Gasteiger partial charge >= 0.3 is 23.9 Å². The van der Waals surface area contributed by atoms with Crippen molar-refractivity contribution in [3.8, 4) is 0 Å². The van der Waals surface area contributed by atoms with Crippen molar-refractivity contribution >= 4 is 23.9 Å². The molecule has 322 valence electrons. The van der Waals surface area contributed by atoms with E-state index in [2.05, 4.69) is 13.8 Å². The van der Waals surface area contributed by atoms with E-state index in [1.165, 1.54) is 32.1 Å². The summed E-state index contributed by atoms with van der Waals surface area (Å²) < 4.78 is 28.6. The van der Waals surface area contributed by atoms with Crippen molar-refractivity contribution in [1.82, 2.24) is 0 Å². The smallest absolute Gasteiger partial charge is 0.312 e. The number of hydrogen-bond donors (Lipinski definition) is 1.